The maximum absolute atomic E-state index is 12.5. The van der Waals surface area contributed by atoms with Crippen molar-refractivity contribution >= 4 is 41.7 Å². The summed E-state index contributed by atoms with van der Waals surface area (Å²) in [6.45, 7) is 8.14. The van der Waals surface area contributed by atoms with Gasteiger partial charge in [0.25, 0.3) is 5.91 Å². The number of benzene rings is 1. The molecule has 0 spiro atoms. The molecule has 1 aromatic heterocycles. The number of thioether (sulfide) groups is 1. The van der Waals surface area contributed by atoms with Gasteiger partial charge in [-0.25, -0.2) is 4.98 Å². The molecule has 0 fully saturated rings. The zero-order valence-corrected chi connectivity index (χ0v) is 17.8. The van der Waals surface area contributed by atoms with Crippen LogP contribution in [0.25, 0.3) is 0 Å². The number of thiazole rings is 1. The third-order valence-electron chi connectivity index (χ3n) is 3.21. The summed E-state index contributed by atoms with van der Waals surface area (Å²) in [5.74, 6) is -0.197. The van der Waals surface area contributed by atoms with E-state index < -0.39 is 7.60 Å². The van der Waals surface area contributed by atoms with Crippen molar-refractivity contribution in [3.8, 4) is 0 Å². The van der Waals surface area contributed by atoms with Gasteiger partial charge in [-0.2, -0.15) is 0 Å². The molecule has 0 bridgehead atoms. The molecule has 0 saturated heterocycles. The predicted octanol–water partition coefficient (Wildman–Crippen LogP) is 5.33. The number of aryl methyl sites for hydroxylation is 2. The fraction of sp³-hybridized carbons (Fsp3) is 0.412. The standard InChI is InChI=1S/C17H23N2O4PS2/c1-5-22-24(21,23-6-2)11-25-15-10-18-17(26-15)19-16(20)14-8-12(3)7-13(4)9-14/h7-10H,5-6,11H2,1-4H3,(H,18,19,20). The molecule has 2 aromatic rings. The molecule has 0 aliphatic rings. The van der Waals surface area contributed by atoms with Crippen molar-refractivity contribution in [1.82, 2.24) is 4.98 Å². The fourth-order valence-corrected chi connectivity index (χ4v) is 6.52. The number of hydrogen-bond donors (Lipinski definition) is 1. The minimum atomic E-state index is -3.11. The molecular weight excluding hydrogens is 391 g/mol. The molecule has 0 radical (unpaired) electrons. The van der Waals surface area contributed by atoms with E-state index in [0.29, 0.717) is 23.9 Å². The van der Waals surface area contributed by atoms with Crippen LogP contribution in [-0.4, -0.2) is 29.6 Å². The van der Waals surface area contributed by atoms with Crippen LogP contribution in [0.2, 0.25) is 0 Å². The summed E-state index contributed by atoms with van der Waals surface area (Å²) in [6.07, 6.45) is 1.65. The molecule has 0 unspecified atom stereocenters. The zero-order valence-electron chi connectivity index (χ0n) is 15.3. The van der Waals surface area contributed by atoms with Crippen molar-refractivity contribution < 1.29 is 18.4 Å². The van der Waals surface area contributed by atoms with E-state index in [1.54, 1.807) is 20.0 Å². The monoisotopic (exact) mass is 414 g/mol. The summed E-state index contributed by atoms with van der Waals surface area (Å²) in [5.41, 5.74) is 2.88. The van der Waals surface area contributed by atoms with E-state index in [0.717, 1.165) is 15.3 Å². The molecule has 2 rings (SSSR count). The Morgan fingerprint density at radius 2 is 1.81 bits per heavy atom. The van der Waals surface area contributed by atoms with Crippen LogP contribution in [0, 0.1) is 13.8 Å². The number of nitrogens with one attached hydrogen (secondary N) is 1. The minimum Gasteiger partial charge on any atom is -0.308 e. The van der Waals surface area contributed by atoms with Crippen molar-refractivity contribution in [1.29, 1.82) is 0 Å². The van der Waals surface area contributed by atoms with E-state index in [-0.39, 0.29) is 11.4 Å². The molecule has 0 saturated carbocycles. The van der Waals surface area contributed by atoms with Crippen molar-refractivity contribution in [3.05, 3.63) is 41.1 Å². The molecule has 6 nitrogen and oxygen atoms in total. The molecule has 1 amide bonds. The maximum atomic E-state index is 12.5. The van der Waals surface area contributed by atoms with E-state index in [1.165, 1.54) is 23.1 Å². The lowest BCUT2D eigenvalue weighted by Crippen LogP contribution is -2.12. The molecule has 142 valence electrons. The van der Waals surface area contributed by atoms with Gasteiger partial charge >= 0.3 is 7.60 Å². The summed E-state index contributed by atoms with van der Waals surface area (Å²) in [7, 11) is -3.11. The van der Waals surface area contributed by atoms with E-state index >= 15 is 0 Å². The Kier molecular flexibility index (Phi) is 7.85. The maximum Gasteiger partial charge on any atom is 0.340 e. The summed E-state index contributed by atoms with van der Waals surface area (Å²) in [5, 5.41) is 3.30. The van der Waals surface area contributed by atoms with Crippen LogP contribution in [0.3, 0.4) is 0 Å². The molecule has 9 heteroatoms. The van der Waals surface area contributed by atoms with Crippen LogP contribution < -0.4 is 5.32 Å². The number of carbonyl (C=O) groups excluding carboxylic acids is 1. The van der Waals surface area contributed by atoms with E-state index in [9.17, 15) is 9.36 Å². The third kappa shape index (κ3) is 6.21. The number of anilines is 1. The second kappa shape index (κ2) is 9.67. The highest BCUT2D eigenvalue weighted by atomic mass is 32.2. The van der Waals surface area contributed by atoms with Crippen LogP contribution >= 0.6 is 30.7 Å². The van der Waals surface area contributed by atoms with Gasteiger partial charge in [0.15, 0.2) is 5.13 Å². The van der Waals surface area contributed by atoms with Crippen LogP contribution in [0.4, 0.5) is 5.13 Å². The van der Waals surface area contributed by atoms with E-state index in [1.807, 2.05) is 32.0 Å². The normalized spacial score (nSPS) is 11.5. The molecule has 0 atom stereocenters. The minimum absolute atomic E-state index is 0.197. The molecule has 0 aliphatic carbocycles. The molecule has 1 aromatic carbocycles. The first-order valence-corrected chi connectivity index (χ1v) is 11.7. The lowest BCUT2D eigenvalue weighted by Gasteiger charge is -2.15. The summed E-state index contributed by atoms with van der Waals surface area (Å²) in [6, 6.07) is 5.70. The third-order valence-corrected chi connectivity index (χ3v) is 7.99. The highest BCUT2D eigenvalue weighted by Gasteiger charge is 2.24. The summed E-state index contributed by atoms with van der Waals surface area (Å²) >= 11 is 2.68. The Labute approximate surface area is 162 Å². The van der Waals surface area contributed by atoms with Crippen molar-refractivity contribution in [2.75, 3.05) is 24.0 Å². The van der Waals surface area contributed by atoms with Crippen LogP contribution in [0.1, 0.15) is 35.3 Å². The Bertz CT molecular complexity index is 780. The second-order valence-corrected chi connectivity index (χ2v) is 10.3. The number of rotatable bonds is 9. The summed E-state index contributed by atoms with van der Waals surface area (Å²) < 4.78 is 23.8. The smallest absolute Gasteiger partial charge is 0.308 e. The van der Waals surface area contributed by atoms with Gasteiger partial charge in [-0.15, -0.1) is 11.8 Å². The quantitative estimate of drug-likeness (QED) is 0.441. The van der Waals surface area contributed by atoms with Gasteiger partial charge < -0.3 is 9.05 Å². The first-order valence-electron chi connectivity index (χ1n) is 8.21. The van der Waals surface area contributed by atoms with Crippen LogP contribution in [0.5, 0.6) is 0 Å². The molecule has 1 N–H and O–H groups in total. The average Bonchev–Trinajstić information content (AvgIpc) is 3.00. The average molecular weight is 414 g/mol. The first-order chi connectivity index (χ1) is 12.3. The first kappa shape index (κ1) is 21.1. The molecular formula is C17H23N2O4PS2. The summed E-state index contributed by atoms with van der Waals surface area (Å²) in [4.78, 5) is 16.6. The lowest BCUT2D eigenvalue weighted by molar-refractivity contribution is 0.102. The zero-order chi connectivity index (χ0) is 19.2. The van der Waals surface area contributed by atoms with Crippen LogP contribution in [0.15, 0.2) is 28.6 Å². The number of amides is 1. The molecule has 0 aliphatic heterocycles. The number of nitrogens with zero attached hydrogens (tertiary/aromatic N) is 1. The number of aromatic nitrogens is 1. The van der Waals surface area contributed by atoms with Crippen molar-refractivity contribution in [2.45, 2.75) is 31.9 Å². The Hall–Kier alpha value is -1.18. The second-order valence-electron chi connectivity index (χ2n) is 5.53. The van der Waals surface area contributed by atoms with Crippen LogP contribution in [-0.2, 0) is 13.6 Å². The van der Waals surface area contributed by atoms with Gasteiger partial charge in [-0.05, 0) is 39.8 Å². The van der Waals surface area contributed by atoms with E-state index in [4.69, 9.17) is 9.05 Å². The van der Waals surface area contributed by atoms with Gasteiger partial charge in [0, 0.05) is 5.56 Å². The van der Waals surface area contributed by atoms with Crippen molar-refractivity contribution in [2.24, 2.45) is 0 Å². The lowest BCUT2D eigenvalue weighted by atomic mass is 10.1. The number of hydrogen-bond acceptors (Lipinski definition) is 7. The predicted molar refractivity (Wildman–Crippen MR) is 108 cm³/mol. The topological polar surface area (TPSA) is 77.5 Å². The highest BCUT2D eigenvalue weighted by Crippen LogP contribution is 2.52. The van der Waals surface area contributed by atoms with Gasteiger partial charge in [0.1, 0.15) is 5.49 Å². The Balaban J connectivity index is 1.98. The van der Waals surface area contributed by atoms with E-state index in [2.05, 4.69) is 10.3 Å². The SMILES string of the molecule is CCOP(=O)(CSc1cnc(NC(=O)c2cc(C)cc(C)c2)s1)OCC. The number of carbonyl (C=O) groups is 1. The Morgan fingerprint density at radius 1 is 1.19 bits per heavy atom. The van der Waals surface area contributed by atoms with Gasteiger partial charge in [-0.3, -0.25) is 14.7 Å². The van der Waals surface area contributed by atoms with Gasteiger partial charge in [0.2, 0.25) is 0 Å². The molecule has 1 heterocycles. The van der Waals surface area contributed by atoms with Gasteiger partial charge in [-0.1, -0.05) is 28.5 Å². The molecule has 26 heavy (non-hydrogen) atoms. The highest BCUT2D eigenvalue weighted by molar-refractivity contribution is 8.06. The largest absolute Gasteiger partial charge is 0.340 e. The van der Waals surface area contributed by atoms with Gasteiger partial charge in [0.05, 0.1) is 23.6 Å². The fourth-order valence-electron chi connectivity index (χ4n) is 2.31. The Morgan fingerprint density at radius 3 is 2.38 bits per heavy atom. The van der Waals surface area contributed by atoms with Crippen molar-refractivity contribution in [3.63, 3.8) is 0 Å².